The topological polar surface area (TPSA) is 15.3 Å². The van der Waals surface area contributed by atoms with E-state index in [1.165, 1.54) is 36.1 Å². The van der Waals surface area contributed by atoms with Gasteiger partial charge in [-0.3, -0.25) is 4.90 Å². The summed E-state index contributed by atoms with van der Waals surface area (Å²) in [5.74, 6) is 0. The van der Waals surface area contributed by atoms with E-state index in [4.69, 9.17) is 0 Å². The van der Waals surface area contributed by atoms with Gasteiger partial charge in [-0.1, -0.05) is 31.2 Å². The lowest BCUT2D eigenvalue weighted by Crippen LogP contribution is -2.29. The van der Waals surface area contributed by atoms with E-state index < -0.39 is 0 Å². The molecule has 0 amide bonds. The molecule has 1 aliphatic heterocycles. The van der Waals surface area contributed by atoms with Crippen molar-refractivity contribution in [2.75, 3.05) is 13.1 Å². The second-order valence-electron chi connectivity index (χ2n) is 5.83. The summed E-state index contributed by atoms with van der Waals surface area (Å²) in [4.78, 5) is 4.15. The molecule has 0 saturated carbocycles. The van der Waals surface area contributed by atoms with Crippen molar-refractivity contribution >= 4 is 11.3 Å². The first kappa shape index (κ1) is 14.8. The Labute approximate surface area is 131 Å². The highest BCUT2D eigenvalue weighted by Crippen LogP contribution is 2.25. The Balaban J connectivity index is 1.59. The molecule has 21 heavy (non-hydrogen) atoms. The van der Waals surface area contributed by atoms with Gasteiger partial charge in [0.15, 0.2) is 0 Å². The summed E-state index contributed by atoms with van der Waals surface area (Å²) in [6.07, 6.45) is 2.40. The molecule has 1 aromatic heterocycles. The summed E-state index contributed by atoms with van der Waals surface area (Å²) in [5.41, 5.74) is 4.37. The Bertz CT molecular complexity index is 576. The van der Waals surface area contributed by atoms with E-state index in [-0.39, 0.29) is 0 Å². The third kappa shape index (κ3) is 3.94. The lowest BCUT2D eigenvalue weighted by molar-refractivity contribution is 0.247. The van der Waals surface area contributed by atoms with Crippen LogP contribution >= 0.6 is 11.3 Å². The molecule has 0 aliphatic carbocycles. The van der Waals surface area contributed by atoms with Crippen molar-refractivity contribution in [3.05, 3.63) is 57.3 Å². The lowest BCUT2D eigenvalue weighted by atomic mass is 10.1. The van der Waals surface area contributed by atoms with Gasteiger partial charge in [-0.15, -0.1) is 11.3 Å². The fourth-order valence-corrected chi connectivity index (χ4v) is 3.84. The minimum atomic E-state index is 0.982. The number of hydrogen-bond donors (Lipinski definition) is 1. The molecular weight excluding hydrogens is 276 g/mol. The summed E-state index contributed by atoms with van der Waals surface area (Å²) >= 11 is 1.91. The van der Waals surface area contributed by atoms with Crippen molar-refractivity contribution in [3.63, 3.8) is 0 Å². The van der Waals surface area contributed by atoms with Crippen LogP contribution in [0.3, 0.4) is 0 Å². The molecular formula is C18H24N2S. The van der Waals surface area contributed by atoms with Gasteiger partial charge in [0.25, 0.3) is 0 Å². The first-order valence-electron chi connectivity index (χ1n) is 7.91. The van der Waals surface area contributed by atoms with Crippen LogP contribution in [0, 0.1) is 0 Å². The fourth-order valence-electron chi connectivity index (χ4n) is 2.95. The predicted octanol–water partition coefficient (Wildman–Crippen LogP) is 3.81. The summed E-state index contributed by atoms with van der Waals surface area (Å²) in [6.45, 7) is 7.64. The van der Waals surface area contributed by atoms with E-state index in [1.807, 2.05) is 11.3 Å². The minimum Gasteiger partial charge on any atom is -0.313 e. The van der Waals surface area contributed by atoms with Crippen LogP contribution in [-0.4, -0.2) is 18.0 Å². The Morgan fingerprint density at radius 3 is 3.05 bits per heavy atom. The maximum absolute atomic E-state index is 3.48. The van der Waals surface area contributed by atoms with Crippen LogP contribution in [0.2, 0.25) is 0 Å². The third-order valence-electron chi connectivity index (χ3n) is 4.04. The second kappa shape index (κ2) is 7.21. The fraction of sp³-hybridized carbons (Fsp3) is 0.444. The Hall–Kier alpha value is -1.16. The first-order valence-corrected chi connectivity index (χ1v) is 8.79. The van der Waals surface area contributed by atoms with Gasteiger partial charge in [0, 0.05) is 31.1 Å². The Morgan fingerprint density at radius 2 is 2.14 bits per heavy atom. The van der Waals surface area contributed by atoms with E-state index in [9.17, 15) is 0 Å². The molecule has 1 N–H and O–H groups in total. The summed E-state index contributed by atoms with van der Waals surface area (Å²) in [7, 11) is 0. The van der Waals surface area contributed by atoms with E-state index in [1.54, 1.807) is 4.88 Å². The number of thiophene rings is 1. The zero-order valence-electron chi connectivity index (χ0n) is 12.8. The highest BCUT2D eigenvalue weighted by atomic mass is 32.1. The SMILES string of the molecule is CCCNCc1cccc(CN2CCc3sccc3C2)c1. The molecule has 0 bridgehead atoms. The molecule has 0 atom stereocenters. The van der Waals surface area contributed by atoms with Crippen LogP contribution in [-0.2, 0) is 26.1 Å². The van der Waals surface area contributed by atoms with Gasteiger partial charge in [-0.25, -0.2) is 0 Å². The van der Waals surface area contributed by atoms with Crippen LogP contribution in [0.25, 0.3) is 0 Å². The van der Waals surface area contributed by atoms with Crippen LogP contribution in [0.4, 0.5) is 0 Å². The van der Waals surface area contributed by atoms with Gasteiger partial charge in [0.05, 0.1) is 0 Å². The molecule has 2 nitrogen and oxygen atoms in total. The van der Waals surface area contributed by atoms with Crippen molar-refractivity contribution in [2.45, 2.75) is 39.4 Å². The van der Waals surface area contributed by atoms with Gasteiger partial charge < -0.3 is 5.32 Å². The van der Waals surface area contributed by atoms with E-state index >= 15 is 0 Å². The molecule has 3 rings (SSSR count). The van der Waals surface area contributed by atoms with Gasteiger partial charge in [0.1, 0.15) is 0 Å². The third-order valence-corrected chi connectivity index (χ3v) is 5.06. The highest BCUT2D eigenvalue weighted by molar-refractivity contribution is 7.10. The van der Waals surface area contributed by atoms with Crippen molar-refractivity contribution in [1.82, 2.24) is 10.2 Å². The van der Waals surface area contributed by atoms with Crippen molar-refractivity contribution < 1.29 is 0 Å². The molecule has 1 aliphatic rings. The zero-order valence-corrected chi connectivity index (χ0v) is 13.6. The first-order chi connectivity index (χ1) is 10.3. The number of fused-ring (bicyclic) bond motifs is 1. The number of rotatable bonds is 6. The highest BCUT2D eigenvalue weighted by Gasteiger charge is 2.17. The lowest BCUT2D eigenvalue weighted by Gasteiger charge is -2.27. The molecule has 112 valence electrons. The Morgan fingerprint density at radius 1 is 1.24 bits per heavy atom. The standard InChI is InChI=1S/C18H24N2S/c1-2-8-19-12-15-4-3-5-16(11-15)13-20-9-6-18-17(14-20)7-10-21-18/h3-5,7,10-11,19H,2,6,8-9,12-14H2,1H3. The van der Waals surface area contributed by atoms with Crippen molar-refractivity contribution in [1.29, 1.82) is 0 Å². The van der Waals surface area contributed by atoms with E-state index in [2.05, 4.69) is 52.9 Å². The maximum atomic E-state index is 3.48. The molecule has 0 saturated heterocycles. The second-order valence-corrected chi connectivity index (χ2v) is 6.83. The van der Waals surface area contributed by atoms with Gasteiger partial charge >= 0.3 is 0 Å². The monoisotopic (exact) mass is 300 g/mol. The molecule has 0 fully saturated rings. The number of nitrogens with zero attached hydrogens (tertiary/aromatic N) is 1. The Kier molecular flexibility index (Phi) is 5.07. The van der Waals surface area contributed by atoms with Gasteiger partial charge in [-0.2, -0.15) is 0 Å². The normalized spacial score (nSPS) is 15.1. The summed E-state index contributed by atoms with van der Waals surface area (Å²) in [6, 6.07) is 11.3. The molecule has 2 aromatic rings. The average molecular weight is 300 g/mol. The van der Waals surface area contributed by atoms with Gasteiger partial charge in [-0.05, 0) is 47.5 Å². The van der Waals surface area contributed by atoms with Crippen LogP contribution < -0.4 is 5.32 Å². The maximum Gasteiger partial charge on any atom is 0.0248 e. The predicted molar refractivity (Wildman–Crippen MR) is 90.6 cm³/mol. The number of benzene rings is 1. The van der Waals surface area contributed by atoms with Gasteiger partial charge in [0.2, 0.25) is 0 Å². The van der Waals surface area contributed by atoms with Crippen LogP contribution in [0.1, 0.15) is 34.9 Å². The van der Waals surface area contributed by atoms with Crippen LogP contribution in [0.5, 0.6) is 0 Å². The average Bonchev–Trinajstić information content (AvgIpc) is 2.95. The minimum absolute atomic E-state index is 0.982. The molecule has 0 unspecified atom stereocenters. The largest absolute Gasteiger partial charge is 0.313 e. The molecule has 0 radical (unpaired) electrons. The molecule has 0 spiro atoms. The number of hydrogen-bond acceptors (Lipinski definition) is 3. The summed E-state index contributed by atoms with van der Waals surface area (Å²) in [5, 5.41) is 5.71. The van der Waals surface area contributed by atoms with E-state index in [0.29, 0.717) is 0 Å². The molecule has 2 heterocycles. The smallest absolute Gasteiger partial charge is 0.0248 e. The number of nitrogens with one attached hydrogen (secondary N) is 1. The van der Waals surface area contributed by atoms with Crippen molar-refractivity contribution in [3.8, 4) is 0 Å². The van der Waals surface area contributed by atoms with Crippen molar-refractivity contribution in [2.24, 2.45) is 0 Å². The molecule has 3 heteroatoms. The zero-order chi connectivity index (χ0) is 14.5. The van der Waals surface area contributed by atoms with E-state index in [0.717, 1.165) is 26.2 Å². The van der Waals surface area contributed by atoms with Crippen LogP contribution in [0.15, 0.2) is 35.7 Å². The molecule has 1 aromatic carbocycles. The summed E-state index contributed by atoms with van der Waals surface area (Å²) < 4.78 is 0. The quantitative estimate of drug-likeness (QED) is 0.816.